The first-order valence-corrected chi connectivity index (χ1v) is 10.6. The van der Waals surface area contributed by atoms with Crippen LogP contribution in [0.3, 0.4) is 0 Å². The second-order valence-corrected chi connectivity index (χ2v) is 7.76. The minimum Gasteiger partial charge on any atom is -0.381 e. The highest BCUT2D eigenvalue weighted by molar-refractivity contribution is 14.0. The molecule has 0 aliphatic carbocycles. The van der Waals surface area contributed by atoms with E-state index >= 15 is 0 Å². The van der Waals surface area contributed by atoms with E-state index < -0.39 is 0 Å². The van der Waals surface area contributed by atoms with Crippen LogP contribution in [0.15, 0.2) is 65.7 Å². The Hall–Kier alpha value is -1.64. The van der Waals surface area contributed by atoms with Crippen molar-refractivity contribution in [1.82, 2.24) is 16.0 Å². The van der Waals surface area contributed by atoms with E-state index in [4.69, 9.17) is 4.74 Å². The van der Waals surface area contributed by atoms with E-state index in [2.05, 4.69) is 82.5 Å². The van der Waals surface area contributed by atoms with Crippen LogP contribution in [0.4, 0.5) is 0 Å². The number of rotatable bonds is 8. The molecule has 2 aromatic carbocycles. The molecule has 3 rings (SSSR count). The van der Waals surface area contributed by atoms with Crippen LogP contribution in [0.2, 0.25) is 0 Å². The Morgan fingerprint density at radius 2 is 1.63 bits per heavy atom. The van der Waals surface area contributed by atoms with Crippen LogP contribution in [0.25, 0.3) is 0 Å². The monoisotopic (exact) mass is 522 g/mol. The van der Waals surface area contributed by atoms with E-state index in [-0.39, 0.29) is 35.6 Å². The second-order valence-electron chi connectivity index (χ2n) is 7.76. The third kappa shape index (κ3) is 7.56. The average Bonchev–Trinajstić information content (AvgIpc) is 2.78. The van der Waals surface area contributed by atoms with Gasteiger partial charge in [-0.05, 0) is 37.3 Å². The molecule has 5 nitrogen and oxygen atoms in total. The molecule has 164 valence electrons. The van der Waals surface area contributed by atoms with Crippen molar-refractivity contribution >= 4 is 29.9 Å². The van der Waals surface area contributed by atoms with Crippen molar-refractivity contribution in [3.05, 3.63) is 71.8 Å². The maximum absolute atomic E-state index is 5.65. The maximum atomic E-state index is 5.65. The Bertz CT molecular complexity index is 748. The molecule has 1 atom stereocenters. The fourth-order valence-electron chi connectivity index (χ4n) is 3.86. The van der Waals surface area contributed by atoms with Gasteiger partial charge >= 0.3 is 0 Å². The molecule has 6 heteroatoms. The van der Waals surface area contributed by atoms with E-state index in [9.17, 15) is 0 Å². The molecule has 1 unspecified atom stereocenters. The number of benzene rings is 2. The molecule has 0 amide bonds. The molecule has 3 N–H and O–H groups in total. The lowest BCUT2D eigenvalue weighted by Crippen LogP contribution is -2.58. The van der Waals surface area contributed by atoms with Crippen LogP contribution < -0.4 is 16.0 Å². The van der Waals surface area contributed by atoms with E-state index in [1.165, 1.54) is 11.1 Å². The smallest absolute Gasteiger partial charge is 0.191 e. The average molecular weight is 522 g/mol. The zero-order chi connectivity index (χ0) is 20.4. The van der Waals surface area contributed by atoms with Gasteiger partial charge in [-0.2, -0.15) is 0 Å². The van der Waals surface area contributed by atoms with E-state index in [0.717, 1.165) is 51.5 Å². The fraction of sp³-hybridized carbons (Fsp3) is 0.458. The van der Waals surface area contributed by atoms with Crippen LogP contribution >= 0.6 is 24.0 Å². The second kappa shape index (κ2) is 12.9. The number of hydrogen-bond donors (Lipinski definition) is 3. The van der Waals surface area contributed by atoms with E-state index in [1.54, 1.807) is 0 Å². The summed E-state index contributed by atoms with van der Waals surface area (Å²) in [6.07, 6.45) is 2.94. The summed E-state index contributed by atoms with van der Waals surface area (Å²) >= 11 is 0. The highest BCUT2D eigenvalue weighted by atomic mass is 127. The number of hydrogen-bond acceptors (Lipinski definition) is 3. The van der Waals surface area contributed by atoms with Gasteiger partial charge < -0.3 is 20.7 Å². The SMILES string of the molecule is CN=C(NCCc1ccccc1)NCC1(NC(C)c2ccccc2)CCOCC1.I. The van der Waals surface area contributed by atoms with Crippen molar-refractivity contribution in [3.63, 3.8) is 0 Å². The number of guanidine groups is 1. The van der Waals surface area contributed by atoms with E-state index in [0.29, 0.717) is 0 Å². The zero-order valence-corrected chi connectivity index (χ0v) is 20.4. The Morgan fingerprint density at radius 3 is 2.27 bits per heavy atom. The molecule has 0 saturated carbocycles. The van der Waals surface area contributed by atoms with Gasteiger partial charge in [-0.3, -0.25) is 4.99 Å². The standard InChI is InChI=1S/C24H34N4O.HI/c1-20(22-11-7-4-8-12-22)28-24(14-17-29-18-15-24)19-27-23(25-2)26-16-13-21-9-5-3-6-10-21;/h3-12,20,28H,13-19H2,1-2H3,(H2,25,26,27);1H. The van der Waals surface area contributed by atoms with Gasteiger partial charge in [0.1, 0.15) is 0 Å². The van der Waals surface area contributed by atoms with Crippen molar-refractivity contribution in [3.8, 4) is 0 Å². The lowest BCUT2D eigenvalue weighted by Gasteiger charge is -2.41. The summed E-state index contributed by atoms with van der Waals surface area (Å²) in [7, 11) is 1.83. The first-order chi connectivity index (χ1) is 14.2. The number of aliphatic imine (C=N–C) groups is 1. The summed E-state index contributed by atoms with van der Waals surface area (Å²) in [4.78, 5) is 4.41. The third-order valence-corrected chi connectivity index (χ3v) is 5.64. The first-order valence-electron chi connectivity index (χ1n) is 10.6. The Labute approximate surface area is 198 Å². The Kier molecular flexibility index (Phi) is 10.6. The lowest BCUT2D eigenvalue weighted by molar-refractivity contribution is 0.0355. The third-order valence-electron chi connectivity index (χ3n) is 5.64. The van der Waals surface area contributed by atoms with Crippen molar-refractivity contribution in [1.29, 1.82) is 0 Å². The van der Waals surface area contributed by atoms with Gasteiger partial charge in [-0.25, -0.2) is 0 Å². The van der Waals surface area contributed by atoms with Gasteiger partial charge in [0.2, 0.25) is 0 Å². The molecule has 1 aliphatic heterocycles. The zero-order valence-electron chi connectivity index (χ0n) is 18.1. The van der Waals surface area contributed by atoms with Crippen LogP contribution in [0.1, 0.15) is 36.9 Å². The van der Waals surface area contributed by atoms with Gasteiger partial charge in [0.05, 0.1) is 0 Å². The molecule has 1 fully saturated rings. The molecule has 0 aromatic heterocycles. The minimum absolute atomic E-state index is 0. The van der Waals surface area contributed by atoms with Gasteiger partial charge in [0.15, 0.2) is 5.96 Å². The van der Waals surface area contributed by atoms with Gasteiger partial charge in [0.25, 0.3) is 0 Å². The molecule has 30 heavy (non-hydrogen) atoms. The summed E-state index contributed by atoms with van der Waals surface area (Å²) in [6.45, 7) is 5.48. The van der Waals surface area contributed by atoms with Crippen molar-refractivity contribution < 1.29 is 4.74 Å². The topological polar surface area (TPSA) is 57.7 Å². The van der Waals surface area contributed by atoms with Crippen LogP contribution in [-0.2, 0) is 11.2 Å². The van der Waals surface area contributed by atoms with Crippen LogP contribution in [0, 0.1) is 0 Å². The summed E-state index contributed by atoms with van der Waals surface area (Å²) in [6, 6.07) is 21.4. The number of ether oxygens (including phenoxy) is 1. The molecule has 0 radical (unpaired) electrons. The molecule has 1 aliphatic rings. The largest absolute Gasteiger partial charge is 0.381 e. The predicted octanol–water partition coefficient (Wildman–Crippen LogP) is 3.91. The summed E-state index contributed by atoms with van der Waals surface area (Å²) in [5.74, 6) is 0.848. The van der Waals surface area contributed by atoms with Crippen LogP contribution in [-0.4, -0.2) is 44.8 Å². The van der Waals surface area contributed by atoms with Crippen molar-refractivity contribution in [2.45, 2.75) is 37.8 Å². The Morgan fingerprint density at radius 1 is 1.00 bits per heavy atom. The summed E-state index contributed by atoms with van der Waals surface area (Å²) in [5, 5.41) is 10.9. The number of halogens is 1. The van der Waals surface area contributed by atoms with Gasteiger partial charge in [0, 0.05) is 44.9 Å². The number of nitrogens with zero attached hydrogens (tertiary/aromatic N) is 1. The van der Waals surface area contributed by atoms with Gasteiger partial charge in [-0.15, -0.1) is 24.0 Å². The maximum Gasteiger partial charge on any atom is 0.191 e. The normalized spacial score (nSPS) is 16.9. The summed E-state index contributed by atoms with van der Waals surface area (Å²) < 4.78 is 5.65. The minimum atomic E-state index is -0.00937. The lowest BCUT2D eigenvalue weighted by atomic mass is 9.88. The molecule has 0 bridgehead atoms. The molecular weight excluding hydrogens is 487 g/mol. The quantitative estimate of drug-likeness (QED) is 0.280. The molecule has 2 aromatic rings. The van der Waals surface area contributed by atoms with Crippen LogP contribution in [0.5, 0.6) is 0 Å². The fourth-order valence-corrected chi connectivity index (χ4v) is 3.86. The van der Waals surface area contributed by atoms with Gasteiger partial charge in [-0.1, -0.05) is 60.7 Å². The highest BCUT2D eigenvalue weighted by Gasteiger charge is 2.34. The van der Waals surface area contributed by atoms with Crippen molar-refractivity contribution in [2.24, 2.45) is 4.99 Å². The number of nitrogens with one attached hydrogen (secondary N) is 3. The molecule has 0 spiro atoms. The van der Waals surface area contributed by atoms with Crippen molar-refractivity contribution in [2.75, 3.05) is 33.4 Å². The molecular formula is C24H35IN4O. The highest BCUT2D eigenvalue weighted by Crippen LogP contribution is 2.25. The molecule has 1 heterocycles. The molecule has 1 saturated heterocycles. The van der Waals surface area contributed by atoms with E-state index in [1.807, 2.05) is 13.1 Å². The predicted molar refractivity (Wildman–Crippen MR) is 136 cm³/mol. The summed E-state index contributed by atoms with van der Waals surface area (Å²) in [5.41, 5.74) is 2.63. The Balaban J connectivity index is 0.00000320. The first kappa shape index (κ1) is 24.6.